The fourth-order valence-electron chi connectivity index (χ4n) is 2.72. The molecule has 0 spiro atoms. The smallest absolute Gasteiger partial charge is 0.152 e. The maximum Gasteiger partial charge on any atom is 0.152 e. The van der Waals surface area contributed by atoms with E-state index in [0.29, 0.717) is 13.1 Å². The van der Waals surface area contributed by atoms with Gasteiger partial charge in [0.25, 0.3) is 0 Å². The molecule has 4 aromatic rings. The summed E-state index contributed by atoms with van der Waals surface area (Å²) in [5, 5.41) is 11.0. The van der Waals surface area contributed by atoms with E-state index >= 15 is 0 Å². The van der Waals surface area contributed by atoms with Crippen molar-refractivity contribution in [1.82, 2.24) is 20.3 Å². The van der Waals surface area contributed by atoms with Gasteiger partial charge in [-0.1, -0.05) is 35.5 Å². The summed E-state index contributed by atoms with van der Waals surface area (Å²) in [6, 6.07) is 17.8. The van der Waals surface area contributed by atoms with Crippen molar-refractivity contribution in [2.24, 2.45) is 0 Å². The number of nitrogens with one attached hydrogen (secondary N) is 1. The van der Waals surface area contributed by atoms with Gasteiger partial charge in [-0.25, -0.2) is 0 Å². The highest BCUT2D eigenvalue weighted by Gasteiger charge is 2.12. The molecule has 1 N–H and O–H groups in total. The lowest BCUT2D eigenvalue weighted by molar-refractivity contribution is 0.250. The predicted octanol–water partition coefficient (Wildman–Crippen LogP) is 3.96. The Morgan fingerprint density at radius 1 is 1.00 bits per heavy atom. The molecule has 3 heterocycles. The Kier molecular flexibility index (Phi) is 4.18. The van der Waals surface area contributed by atoms with E-state index < -0.39 is 0 Å². The van der Waals surface area contributed by atoms with Gasteiger partial charge in [0, 0.05) is 17.8 Å². The number of aromatic nitrogens is 3. The van der Waals surface area contributed by atoms with Gasteiger partial charge in [-0.3, -0.25) is 10.00 Å². The molecule has 0 aliphatic carbocycles. The van der Waals surface area contributed by atoms with Crippen LogP contribution in [0.25, 0.3) is 22.7 Å². The summed E-state index contributed by atoms with van der Waals surface area (Å²) in [6.07, 6.45) is 1.71. The number of hydrogen-bond donors (Lipinski definition) is 1. The van der Waals surface area contributed by atoms with Crippen LogP contribution < -0.4 is 0 Å². The van der Waals surface area contributed by atoms with E-state index in [-0.39, 0.29) is 0 Å². The van der Waals surface area contributed by atoms with Crippen molar-refractivity contribution in [3.63, 3.8) is 0 Å². The molecule has 0 aliphatic heterocycles. The van der Waals surface area contributed by atoms with Crippen LogP contribution in [0.4, 0.5) is 0 Å². The molecular weight excluding hydrogens is 316 g/mol. The van der Waals surface area contributed by atoms with Gasteiger partial charge in [0.15, 0.2) is 11.5 Å². The van der Waals surface area contributed by atoms with Crippen LogP contribution in [0.3, 0.4) is 0 Å². The minimum atomic E-state index is 0.653. The molecule has 0 saturated carbocycles. The molecule has 0 atom stereocenters. The van der Waals surface area contributed by atoms with Gasteiger partial charge in [-0.15, -0.1) is 0 Å². The number of furan rings is 1. The van der Waals surface area contributed by atoms with Crippen LogP contribution in [-0.2, 0) is 13.1 Å². The van der Waals surface area contributed by atoms with Crippen LogP contribution in [0, 0.1) is 0 Å². The Hall–Kier alpha value is -3.12. The lowest BCUT2D eigenvalue weighted by Crippen LogP contribution is -2.16. The highest BCUT2D eigenvalue weighted by atomic mass is 16.5. The fourth-order valence-corrected chi connectivity index (χ4v) is 2.72. The van der Waals surface area contributed by atoms with E-state index in [4.69, 9.17) is 8.94 Å². The summed E-state index contributed by atoms with van der Waals surface area (Å²) < 4.78 is 11.3. The molecule has 0 bridgehead atoms. The largest absolute Gasteiger partial charge is 0.458 e. The first-order valence-corrected chi connectivity index (χ1v) is 8.06. The molecule has 0 amide bonds. The predicted molar refractivity (Wildman–Crippen MR) is 93.4 cm³/mol. The summed E-state index contributed by atoms with van der Waals surface area (Å²) in [7, 11) is 2.02. The lowest BCUT2D eigenvalue weighted by Gasteiger charge is -2.12. The van der Waals surface area contributed by atoms with Crippen LogP contribution in [0.15, 0.2) is 69.7 Å². The summed E-state index contributed by atoms with van der Waals surface area (Å²) in [4.78, 5) is 2.12. The van der Waals surface area contributed by atoms with Crippen molar-refractivity contribution in [2.75, 3.05) is 7.05 Å². The minimum Gasteiger partial charge on any atom is -0.458 e. The number of hydrogen-bond acceptors (Lipinski definition) is 5. The van der Waals surface area contributed by atoms with Crippen LogP contribution in [0.1, 0.15) is 11.5 Å². The molecule has 1 aromatic carbocycles. The molecule has 4 rings (SSSR count). The summed E-state index contributed by atoms with van der Waals surface area (Å²) in [5.41, 5.74) is 2.77. The molecule has 0 unspecified atom stereocenters. The van der Waals surface area contributed by atoms with Crippen LogP contribution in [-0.4, -0.2) is 27.3 Å². The lowest BCUT2D eigenvalue weighted by atomic mass is 10.1. The highest BCUT2D eigenvalue weighted by Crippen LogP contribution is 2.22. The Morgan fingerprint density at radius 3 is 2.64 bits per heavy atom. The van der Waals surface area contributed by atoms with Gasteiger partial charge < -0.3 is 8.94 Å². The Bertz CT molecular complexity index is 925. The molecule has 0 saturated heterocycles. The van der Waals surface area contributed by atoms with Crippen molar-refractivity contribution in [3.05, 3.63) is 72.3 Å². The van der Waals surface area contributed by atoms with Crippen molar-refractivity contribution >= 4 is 0 Å². The first kappa shape index (κ1) is 15.4. The monoisotopic (exact) mass is 334 g/mol. The van der Waals surface area contributed by atoms with Gasteiger partial charge >= 0.3 is 0 Å². The molecular formula is C19H18N4O2. The topological polar surface area (TPSA) is 71.1 Å². The molecule has 126 valence electrons. The standard InChI is InChI=1S/C19H18N4O2/c1-23(12-15-7-8-19(24-15)17-9-10-20-21-17)13-16-11-18(22-25-16)14-5-3-2-4-6-14/h2-11H,12-13H2,1H3,(H,20,21). The number of H-pyrrole nitrogens is 1. The summed E-state index contributed by atoms with van der Waals surface area (Å²) >= 11 is 0. The van der Waals surface area contributed by atoms with Crippen LogP contribution >= 0.6 is 0 Å². The Balaban J connectivity index is 1.39. The number of benzene rings is 1. The third-order valence-corrected chi connectivity index (χ3v) is 3.91. The molecule has 3 aromatic heterocycles. The van der Waals surface area contributed by atoms with Crippen molar-refractivity contribution in [2.45, 2.75) is 13.1 Å². The first-order valence-electron chi connectivity index (χ1n) is 8.06. The maximum atomic E-state index is 5.85. The van der Waals surface area contributed by atoms with Gasteiger partial charge in [-0.2, -0.15) is 5.10 Å². The molecule has 6 heteroatoms. The number of rotatable bonds is 6. The molecule has 0 radical (unpaired) electrons. The average molecular weight is 334 g/mol. The maximum absolute atomic E-state index is 5.85. The zero-order valence-electron chi connectivity index (χ0n) is 13.8. The third kappa shape index (κ3) is 3.54. The van der Waals surface area contributed by atoms with Crippen molar-refractivity contribution in [3.8, 4) is 22.7 Å². The average Bonchev–Trinajstić information content (AvgIpc) is 3.37. The normalized spacial score (nSPS) is 11.3. The van der Waals surface area contributed by atoms with E-state index in [1.54, 1.807) is 6.20 Å². The molecule has 0 aliphatic rings. The van der Waals surface area contributed by atoms with Gasteiger partial charge in [0.2, 0.25) is 0 Å². The Morgan fingerprint density at radius 2 is 1.84 bits per heavy atom. The van der Waals surface area contributed by atoms with E-state index in [2.05, 4.69) is 20.3 Å². The van der Waals surface area contributed by atoms with E-state index in [1.165, 1.54) is 0 Å². The van der Waals surface area contributed by atoms with Gasteiger partial charge in [0.05, 0.1) is 13.1 Å². The molecule has 25 heavy (non-hydrogen) atoms. The van der Waals surface area contributed by atoms with E-state index in [1.807, 2.05) is 61.6 Å². The second-order valence-electron chi connectivity index (χ2n) is 5.95. The third-order valence-electron chi connectivity index (χ3n) is 3.91. The second-order valence-corrected chi connectivity index (χ2v) is 5.95. The summed E-state index contributed by atoms with van der Waals surface area (Å²) in [5.74, 6) is 2.49. The Labute approximate surface area is 145 Å². The van der Waals surface area contributed by atoms with Crippen molar-refractivity contribution in [1.29, 1.82) is 0 Å². The number of nitrogens with zero attached hydrogens (tertiary/aromatic N) is 3. The van der Waals surface area contributed by atoms with Gasteiger partial charge in [0.1, 0.15) is 17.1 Å². The van der Waals surface area contributed by atoms with Crippen LogP contribution in [0.2, 0.25) is 0 Å². The zero-order valence-corrected chi connectivity index (χ0v) is 13.8. The first-order chi connectivity index (χ1) is 12.3. The SMILES string of the molecule is CN(Cc1cc(-c2ccccc2)no1)Cc1ccc(-c2ccn[nH]2)o1. The molecule has 6 nitrogen and oxygen atoms in total. The van der Waals surface area contributed by atoms with Crippen LogP contribution in [0.5, 0.6) is 0 Å². The van der Waals surface area contributed by atoms with E-state index in [9.17, 15) is 0 Å². The van der Waals surface area contributed by atoms with Crippen molar-refractivity contribution < 1.29 is 8.94 Å². The number of aromatic amines is 1. The highest BCUT2D eigenvalue weighted by molar-refractivity contribution is 5.58. The van der Waals surface area contributed by atoms with Gasteiger partial charge in [-0.05, 0) is 25.2 Å². The summed E-state index contributed by atoms with van der Waals surface area (Å²) in [6.45, 7) is 1.33. The minimum absolute atomic E-state index is 0.653. The van der Waals surface area contributed by atoms with E-state index in [0.717, 1.165) is 34.2 Å². The zero-order chi connectivity index (χ0) is 17.1. The quantitative estimate of drug-likeness (QED) is 0.578. The fraction of sp³-hybridized carbons (Fsp3) is 0.158. The molecule has 0 fully saturated rings. The second kappa shape index (κ2) is 6.78.